The van der Waals surface area contributed by atoms with Gasteiger partial charge in [0.05, 0.1) is 0 Å². The first-order chi connectivity index (χ1) is 9.65. The highest BCUT2D eigenvalue weighted by Crippen LogP contribution is 2.28. The van der Waals surface area contributed by atoms with Gasteiger partial charge in [-0.15, -0.1) is 11.3 Å². The second-order valence-electron chi connectivity index (χ2n) is 5.61. The van der Waals surface area contributed by atoms with Gasteiger partial charge in [0, 0.05) is 10.9 Å². The molecule has 0 aliphatic carbocycles. The summed E-state index contributed by atoms with van der Waals surface area (Å²) in [7, 11) is 2.06. The normalized spacial score (nSPS) is 12.8. The first-order valence-electron chi connectivity index (χ1n) is 7.48. The van der Waals surface area contributed by atoms with E-state index in [-0.39, 0.29) is 0 Å². The second-order valence-corrected chi connectivity index (χ2v) is 6.55. The summed E-state index contributed by atoms with van der Waals surface area (Å²) in [6.07, 6.45) is 2.17. The maximum absolute atomic E-state index is 3.48. The number of hydrogen-bond acceptors (Lipinski definition) is 2. The Hall–Kier alpha value is -1.12. The van der Waals surface area contributed by atoms with Crippen molar-refractivity contribution in [2.24, 2.45) is 0 Å². The minimum Gasteiger partial charge on any atom is -0.312 e. The molecule has 0 spiro atoms. The van der Waals surface area contributed by atoms with Crippen molar-refractivity contribution in [2.75, 3.05) is 7.05 Å². The minimum absolute atomic E-state index is 0.426. The predicted molar refractivity (Wildman–Crippen MR) is 89.7 cm³/mol. The molecule has 2 rings (SSSR count). The number of hydrogen-bond donors (Lipinski definition) is 1. The lowest BCUT2D eigenvalue weighted by Crippen LogP contribution is -2.18. The molecule has 2 aromatic rings. The van der Waals surface area contributed by atoms with Crippen LogP contribution in [-0.4, -0.2) is 7.05 Å². The zero-order valence-electron chi connectivity index (χ0n) is 12.9. The molecule has 0 fully saturated rings. The lowest BCUT2D eigenvalue weighted by atomic mass is 9.97. The van der Waals surface area contributed by atoms with Crippen molar-refractivity contribution in [3.63, 3.8) is 0 Å². The summed E-state index contributed by atoms with van der Waals surface area (Å²) in [4.78, 5) is 1.49. The van der Waals surface area contributed by atoms with Gasteiger partial charge >= 0.3 is 0 Å². The van der Waals surface area contributed by atoms with E-state index in [1.807, 2.05) is 11.3 Å². The van der Waals surface area contributed by atoms with E-state index in [0.717, 1.165) is 12.8 Å². The molecule has 1 aromatic carbocycles. The number of benzene rings is 1. The van der Waals surface area contributed by atoms with Crippen molar-refractivity contribution in [3.8, 4) is 0 Å². The molecule has 0 saturated heterocycles. The molecule has 0 aliphatic rings. The Bertz CT molecular complexity index is 525. The molecule has 1 nitrogen and oxygen atoms in total. The minimum atomic E-state index is 0.426. The lowest BCUT2D eigenvalue weighted by molar-refractivity contribution is 0.597. The summed E-state index contributed by atoms with van der Waals surface area (Å²) in [5, 5.41) is 5.68. The molecule has 2 heteroatoms. The van der Waals surface area contributed by atoms with Crippen molar-refractivity contribution in [1.29, 1.82) is 0 Å². The fourth-order valence-electron chi connectivity index (χ4n) is 2.55. The van der Waals surface area contributed by atoms with E-state index in [1.54, 1.807) is 0 Å². The van der Waals surface area contributed by atoms with Crippen LogP contribution in [0.1, 0.15) is 54.3 Å². The summed E-state index contributed by atoms with van der Waals surface area (Å²) in [5.74, 6) is 0.605. The van der Waals surface area contributed by atoms with E-state index >= 15 is 0 Å². The largest absolute Gasteiger partial charge is 0.312 e. The van der Waals surface area contributed by atoms with Crippen molar-refractivity contribution >= 4 is 11.3 Å². The van der Waals surface area contributed by atoms with Gasteiger partial charge in [-0.05, 0) is 53.9 Å². The van der Waals surface area contributed by atoms with E-state index < -0.39 is 0 Å². The third-order valence-electron chi connectivity index (χ3n) is 3.91. The molecule has 0 radical (unpaired) electrons. The number of rotatable bonds is 6. The number of likely N-dealkylation sites (N-methyl/N-ethyl adjacent to an activating group) is 1. The smallest absolute Gasteiger partial charge is 0.0456 e. The van der Waals surface area contributed by atoms with Crippen LogP contribution in [0.3, 0.4) is 0 Å². The SMILES string of the molecule is CCc1ccsc1C(Cc1ccc(C(C)C)cc1)NC. The predicted octanol–water partition coefficient (Wildman–Crippen LogP) is 4.94. The lowest BCUT2D eigenvalue weighted by Gasteiger charge is -2.17. The standard InChI is InChI=1S/C18H25NS/c1-5-15-10-11-20-18(15)17(19-4)12-14-6-8-16(9-7-14)13(2)3/h6-11,13,17,19H,5,12H2,1-4H3. The Labute approximate surface area is 127 Å². The monoisotopic (exact) mass is 287 g/mol. The highest BCUT2D eigenvalue weighted by molar-refractivity contribution is 7.10. The highest BCUT2D eigenvalue weighted by atomic mass is 32.1. The van der Waals surface area contributed by atoms with Crippen molar-refractivity contribution in [1.82, 2.24) is 5.32 Å². The average Bonchev–Trinajstić information content (AvgIpc) is 2.93. The number of nitrogens with one attached hydrogen (secondary N) is 1. The zero-order valence-corrected chi connectivity index (χ0v) is 13.8. The molecule has 1 heterocycles. The van der Waals surface area contributed by atoms with Gasteiger partial charge in [0.25, 0.3) is 0 Å². The maximum atomic E-state index is 3.48. The molecule has 1 aromatic heterocycles. The van der Waals surface area contributed by atoms with E-state index in [4.69, 9.17) is 0 Å². The van der Waals surface area contributed by atoms with E-state index in [2.05, 4.69) is 68.8 Å². The Balaban J connectivity index is 2.14. The van der Waals surface area contributed by atoms with Gasteiger partial charge in [-0.2, -0.15) is 0 Å². The van der Waals surface area contributed by atoms with Crippen LogP contribution in [0.15, 0.2) is 35.7 Å². The van der Waals surface area contributed by atoms with E-state index in [1.165, 1.54) is 21.6 Å². The van der Waals surface area contributed by atoms with Gasteiger partial charge in [-0.3, -0.25) is 0 Å². The van der Waals surface area contributed by atoms with Crippen molar-refractivity contribution in [2.45, 2.75) is 45.6 Å². The number of thiophene rings is 1. The molecule has 108 valence electrons. The fourth-order valence-corrected chi connectivity index (χ4v) is 3.65. The molecule has 0 bridgehead atoms. The quantitative estimate of drug-likeness (QED) is 0.793. The van der Waals surface area contributed by atoms with Crippen LogP contribution in [0.5, 0.6) is 0 Å². The Kier molecular flexibility index (Phi) is 5.38. The molecule has 0 amide bonds. The highest BCUT2D eigenvalue weighted by Gasteiger charge is 2.15. The third kappa shape index (κ3) is 3.50. The van der Waals surface area contributed by atoms with Crippen LogP contribution in [-0.2, 0) is 12.8 Å². The molecule has 0 saturated carbocycles. The molecular formula is C18H25NS. The van der Waals surface area contributed by atoms with Crippen molar-refractivity contribution in [3.05, 3.63) is 57.3 Å². The third-order valence-corrected chi connectivity index (χ3v) is 4.99. The molecule has 1 unspecified atom stereocenters. The Morgan fingerprint density at radius 3 is 2.35 bits per heavy atom. The van der Waals surface area contributed by atoms with Gasteiger partial charge in [0.2, 0.25) is 0 Å². The summed E-state index contributed by atoms with van der Waals surface area (Å²) in [5.41, 5.74) is 4.30. The average molecular weight is 287 g/mol. The fraction of sp³-hybridized carbons (Fsp3) is 0.444. The van der Waals surface area contributed by atoms with Gasteiger partial charge in [0.1, 0.15) is 0 Å². The second kappa shape index (κ2) is 7.05. The van der Waals surface area contributed by atoms with Crippen LogP contribution in [0, 0.1) is 0 Å². The topological polar surface area (TPSA) is 12.0 Å². The summed E-state index contributed by atoms with van der Waals surface area (Å²) >= 11 is 1.87. The molecule has 1 N–H and O–H groups in total. The van der Waals surface area contributed by atoms with Gasteiger partial charge in [-0.25, -0.2) is 0 Å². The Morgan fingerprint density at radius 1 is 1.10 bits per heavy atom. The van der Waals surface area contributed by atoms with Crippen LogP contribution in [0.4, 0.5) is 0 Å². The number of aryl methyl sites for hydroxylation is 1. The van der Waals surface area contributed by atoms with Crippen molar-refractivity contribution < 1.29 is 0 Å². The Morgan fingerprint density at radius 2 is 1.80 bits per heavy atom. The van der Waals surface area contributed by atoms with Gasteiger partial charge in [-0.1, -0.05) is 45.0 Å². The van der Waals surface area contributed by atoms with Gasteiger partial charge in [0.15, 0.2) is 0 Å². The van der Waals surface area contributed by atoms with Crippen LogP contribution in [0.2, 0.25) is 0 Å². The summed E-state index contributed by atoms with van der Waals surface area (Å²) in [6, 6.07) is 11.8. The van der Waals surface area contributed by atoms with Crippen LogP contribution in [0.25, 0.3) is 0 Å². The summed E-state index contributed by atoms with van der Waals surface area (Å²) < 4.78 is 0. The van der Waals surface area contributed by atoms with Gasteiger partial charge < -0.3 is 5.32 Å². The maximum Gasteiger partial charge on any atom is 0.0456 e. The zero-order chi connectivity index (χ0) is 14.5. The molecule has 20 heavy (non-hydrogen) atoms. The molecule has 1 atom stereocenters. The van der Waals surface area contributed by atoms with Crippen LogP contribution >= 0.6 is 11.3 Å². The first kappa shape index (κ1) is 15.3. The van der Waals surface area contributed by atoms with Crippen LogP contribution < -0.4 is 5.32 Å². The first-order valence-corrected chi connectivity index (χ1v) is 8.36. The van der Waals surface area contributed by atoms with E-state index in [9.17, 15) is 0 Å². The summed E-state index contributed by atoms with van der Waals surface area (Å²) in [6.45, 7) is 6.71. The molecular weight excluding hydrogens is 262 g/mol. The van der Waals surface area contributed by atoms with E-state index in [0.29, 0.717) is 12.0 Å². The molecule has 0 aliphatic heterocycles.